The molecule has 0 bridgehead atoms. The Kier molecular flexibility index (Phi) is 4.30. The first kappa shape index (κ1) is 13.7. The maximum atomic E-state index is 13.4. The molecule has 1 aromatic carbocycles. The predicted octanol–water partition coefficient (Wildman–Crippen LogP) is 4.07. The number of aryl methyl sites for hydroxylation is 1. The lowest BCUT2D eigenvalue weighted by molar-refractivity contribution is 0.618. The fourth-order valence-electron chi connectivity index (χ4n) is 2.14. The standard InChI is InChI=1S/C15H20FN3/c1-4-6-11(5-2)18-15-9-17-13-8-12(16)10(3)7-14(13)19-15/h7-9,11H,4-6H2,1-3H3,(H,18,19). The van der Waals surface area contributed by atoms with E-state index in [1.807, 2.05) is 0 Å². The summed E-state index contributed by atoms with van der Waals surface area (Å²) in [4.78, 5) is 8.77. The summed E-state index contributed by atoms with van der Waals surface area (Å²) in [5.41, 5.74) is 1.92. The van der Waals surface area contributed by atoms with Gasteiger partial charge in [-0.1, -0.05) is 20.3 Å². The van der Waals surface area contributed by atoms with Crippen molar-refractivity contribution in [1.29, 1.82) is 0 Å². The molecule has 0 radical (unpaired) electrons. The maximum absolute atomic E-state index is 13.4. The van der Waals surface area contributed by atoms with Crippen LogP contribution in [0.5, 0.6) is 0 Å². The van der Waals surface area contributed by atoms with Crippen molar-refractivity contribution in [2.75, 3.05) is 5.32 Å². The van der Waals surface area contributed by atoms with E-state index in [0.717, 1.165) is 30.6 Å². The Labute approximate surface area is 113 Å². The minimum atomic E-state index is -0.236. The number of anilines is 1. The Morgan fingerprint density at radius 2 is 2.05 bits per heavy atom. The lowest BCUT2D eigenvalue weighted by atomic mass is 10.1. The summed E-state index contributed by atoms with van der Waals surface area (Å²) in [6.45, 7) is 6.06. The molecule has 0 fully saturated rings. The van der Waals surface area contributed by atoms with Gasteiger partial charge in [-0.2, -0.15) is 0 Å². The van der Waals surface area contributed by atoms with E-state index in [1.165, 1.54) is 6.07 Å². The molecule has 1 aromatic heterocycles. The SMILES string of the molecule is CCCC(CC)Nc1cnc2cc(F)c(C)cc2n1. The summed E-state index contributed by atoms with van der Waals surface area (Å²) in [6.07, 6.45) is 4.97. The first-order valence-electron chi connectivity index (χ1n) is 6.83. The van der Waals surface area contributed by atoms with Gasteiger partial charge in [0, 0.05) is 12.1 Å². The van der Waals surface area contributed by atoms with Crippen LogP contribution in [0.4, 0.5) is 10.2 Å². The molecule has 0 saturated carbocycles. The van der Waals surface area contributed by atoms with Gasteiger partial charge in [0.25, 0.3) is 0 Å². The third-order valence-electron chi connectivity index (χ3n) is 3.30. The molecule has 0 spiro atoms. The van der Waals surface area contributed by atoms with Crippen LogP contribution in [0.25, 0.3) is 11.0 Å². The Bertz CT molecular complexity index is 569. The normalized spacial score (nSPS) is 12.6. The predicted molar refractivity (Wildman–Crippen MR) is 76.8 cm³/mol. The second-order valence-corrected chi connectivity index (χ2v) is 4.88. The van der Waals surface area contributed by atoms with Crippen LogP contribution in [-0.2, 0) is 0 Å². The van der Waals surface area contributed by atoms with Crippen LogP contribution in [0.1, 0.15) is 38.7 Å². The van der Waals surface area contributed by atoms with Crippen molar-refractivity contribution < 1.29 is 4.39 Å². The van der Waals surface area contributed by atoms with Gasteiger partial charge in [-0.05, 0) is 31.4 Å². The third kappa shape index (κ3) is 3.19. The van der Waals surface area contributed by atoms with Crippen molar-refractivity contribution in [1.82, 2.24) is 9.97 Å². The molecule has 102 valence electrons. The number of benzene rings is 1. The molecular weight excluding hydrogens is 241 g/mol. The highest BCUT2D eigenvalue weighted by Crippen LogP contribution is 2.18. The average Bonchev–Trinajstić information content (AvgIpc) is 2.40. The van der Waals surface area contributed by atoms with Gasteiger partial charge in [0.1, 0.15) is 11.6 Å². The number of aromatic nitrogens is 2. The summed E-state index contributed by atoms with van der Waals surface area (Å²) in [5, 5.41) is 3.39. The summed E-state index contributed by atoms with van der Waals surface area (Å²) in [5.74, 6) is 0.527. The molecule has 1 heterocycles. The molecule has 1 atom stereocenters. The van der Waals surface area contributed by atoms with E-state index < -0.39 is 0 Å². The number of halogens is 1. The van der Waals surface area contributed by atoms with E-state index in [2.05, 4.69) is 29.1 Å². The molecule has 19 heavy (non-hydrogen) atoms. The molecule has 4 heteroatoms. The van der Waals surface area contributed by atoms with Crippen molar-refractivity contribution in [3.8, 4) is 0 Å². The van der Waals surface area contributed by atoms with E-state index in [4.69, 9.17) is 0 Å². The van der Waals surface area contributed by atoms with Gasteiger partial charge in [-0.25, -0.2) is 9.37 Å². The zero-order valence-electron chi connectivity index (χ0n) is 11.7. The van der Waals surface area contributed by atoms with E-state index in [-0.39, 0.29) is 5.82 Å². The van der Waals surface area contributed by atoms with E-state index in [1.54, 1.807) is 19.2 Å². The van der Waals surface area contributed by atoms with Gasteiger partial charge < -0.3 is 5.32 Å². The molecule has 0 saturated heterocycles. The second-order valence-electron chi connectivity index (χ2n) is 4.88. The fourth-order valence-corrected chi connectivity index (χ4v) is 2.14. The highest BCUT2D eigenvalue weighted by molar-refractivity contribution is 5.76. The molecule has 2 rings (SSSR count). The summed E-state index contributed by atoms with van der Waals surface area (Å²) < 4.78 is 13.4. The Morgan fingerprint density at radius 1 is 1.26 bits per heavy atom. The lowest BCUT2D eigenvalue weighted by Crippen LogP contribution is -2.18. The summed E-state index contributed by atoms with van der Waals surface area (Å²) >= 11 is 0. The molecule has 1 N–H and O–H groups in total. The number of nitrogens with one attached hydrogen (secondary N) is 1. The van der Waals surface area contributed by atoms with Crippen LogP contribution in [0, 0.1) is 12.7 Å². The highest BCUT2D eigenvalue weighted by atomic mass is 19.1. The maximum Gasteiger partial charge on any atom is 0.145 e. The van der Waals surface area contributed by atoms with Crippen LogP contribution in [0.3, 0.4) is 0 Å². The van der Waals surface area contributed by atoms with Crippen LogP contribution in [0.15, 0.2) is 18.3 Å². The molecule has 2 aromatic rings. The molecular formula is C15H20FN3. The van der Waals surface area contributed by atoms with E-state index in [0.29, 0.717) is 17.1 Å². The Hall–Kier alpha value is -1.71. The van der Waals surface area contributed by atoms with Gasteiger partial charge >= 0.3 is 0 Å². The van der Waals surface area contributed by atoms with Gasteiger partial charge in [0.05, 0.1) is 17.2 Å². The molecule has 0 amide bonds. The van der Waals surface area contributed by atoms with Gasteiger partial charge in [0.2, 0.25) is 0 Å². The Morgan fingerprint density at radius 3 is 2.74 bits per heavy atom. The van der Waals surface area contributed by atoms with Crippen molar-refractivity contribution in [3.05, 3.63) is 29.7 Å². The Balaban J connectivity index is 2.28. The monoisotopic (exact) mass is 261 g/mol. The second kappa shape index (κ2) is 5.95. The number of fused-ring (bicyclic) bond motifs is 1. The van der Waals surface area contributed by atoms with Crippen LogP contribution in [0.2, 0.25) is 0 Å². The first-order chi connectivity index (χ1) is 9.13. The fraction of sp³-hybridized carbons (Fsp3) is 0.467. The number of nitrogens with zero attached hydrogens (tertiary/aromatic N) is 2. The number of hydrogen-bond acceptors (Lipinski definition) is 3. The largest absolute Gasteiger partial charge is 0.366 e. The topological polar surface area (TPSA) is 37.8 Å². The van der Waals surface area contributed by atoms with Crippen molar-refractivity contribution in [2.24, 2.45) is 0 Å². The highest BCUT2D eigenvalue weighted by Gasteiger charge is 2.08. The minimum absolute atomic E-state index is 0.236. The zero-order valence-corrected chi connectivity index (χ0v) is 11.7. The summed E-state index contributed by atoms with van der Waals surface area (Å²) in [6, 6.07) is 3.59. The van der Waals surface area contributed by atoms with Gasteiger partial charge in [-0.15, -0.1) is 0 Å². The van der Waals surface area contributed by atoms with Crippen molar-refractivity contribution in [3.63, 3.8) is 0 Å². The van der Waals surface area contributed by atoms with E-state index in [9.17, 15) is 4.39 Å². The lowest BCUT2D eigenvalue weighted by Gasteiger charge is -2.16. The molecule has 0 aliphatic carbocycles. The molecule has 0 aliphatic rings. The van der Waals surface area contributed by atoms with Crippen molar-refractivity contribution in [2.45, 2.75) is 46.1 Å². The van der Waals surface area contributed by atoms with Crippen LogP contribution < -0.4 is 5.32 Å². The van der Waals surface area contributed by atoms with Gasteiger partial charge in [-0.3, -0.25) is 4.98 Å². The van der Waals surface area contributed by atoms with E-state index >= 15 is 0 Å². The molecule has 0 aliphatic heterocycles. The van der Waals surface area contributed by atoms with Gasteiger partial charge in [0.15, 0.2) is 0 Å². The minimum Gasteiger partial charge on any atom is -0.366 e. The van der Waals surface area contributed by atoms with Crippen LogP contribution in [-0.4, -0.2) is 16.0 Å². The zero-order chi connectivity index (χ0) is 13.8. The smallest absolute Gasteiger partial charge is 0.145 e. The van der Waals surface area contributed by atoms with Crippen molar-refractivity contribution >= 4 is 16.9 Å². The number of hydrogen-bond donors (Lipinski definition) is 1. The average molecular weight is 261 g/mol. The number of rotatable bonds is 5. The molecule has 1 unspecified atom stereocenters. The first-order valence-corrected chi connectivity index (χ1v) is 6.83. The summed E-state index contributed by atoms with van der Waals surface area (Å²) in [7, 11) is 0. The quantitative estimate of drug-likeness (QED) is 0.881. The third-order valence-corrected chi connectivity index (χ3v) is 3.30. The molecule has 3 nitrogen and oxygen atoms in total. The van der Waals surface area contributed by atoms with Crippen LogP contribution >= 0.6 is 0 Å².